The molecule has 3 aromatic rings. The van der Waals surface area contributed by atoms with Gasteiger partial charge in [0.15, 0.2) is 10.3 Å². The fourth-order valence-electron chi connectivity index (χ4n) is 1.90. The van der Waals surface area contributed by atoms with Crippen molar-refractivity contribution in [2.24, 2.45) is 5.10 Å². The molecule has 3 rings (SSSR count). The molecule has 1 heterocycles. The van der Waals surface area contributed by atoms with E-state index in [0.29, 0.717) is 10.0 Å². The standard InChI is InChI=1S/C16H13ClN4O2S2/c17-15-14(24-16(20-15)19-12-7-3-1-4-8-12)11-18-21-25(22,23)13-9-5-2-6-10-13/h1-11,21H,(H,19,20)/b18-11+. The minimum atomic E-state index is -3.71. The first-order chi connectivity index (χ1) is 12.0. The molecule has 0 radical (unpaired) electrons. The molecule has 2 aromatic carbocycles. The van der Waals surface area contributed by atoms with Crippen molar-refractivity contribution in [2.45, 2.75) is 4.90 Å². The molecule has 128 valence electrons. The molecule has 0 saturated heterocycles. The quantitative estimate of drug-likeness (QED) is 0.493. The van der Waals surface area contributed by atoms with E-state index >= 15 is 0 Å². The number of nitrogens with one attached hydrogen (secondary N) is 2. The average molecular weight is 393 g/mol. The minimum absolute atomic E-state index is 0.133. The molecule has 0 bridgehead atoms. The Morgan fingerprint density at radius 1 is 1.04 bits per heavy atom. The molecule has 25 heavy (non-hydrogen) atoms. The van der Waals surface area contributed by atoms with Gasteiger partial charge in [0.2, 0.25) is 0 Å². The lowest BCUT2D eigenvalue weighted by Crippen LogP contribution is -2.18. The van der Waals surface area contributed by atoms with Gasteiger partial charge in [-0.3, -0.25) is 0 Å². The second-order valence-electron chi connectivity index (χ2n) is 4.83. The second-order valence-corrected chi connectivity index (χ2v) is 7.88. The van der Waals surface area contributed by atoms with Crippen molar-refractivity contribution in [1.82, 2.24) is 9.82 Å². The van der Waals surface area contributed by atoms with Gasteiger partial charge in [0.05, 0.1) is 16.0 Å². The highest BCUT2D eigenvalue weighted by Crippen LogP contribution is 2.27. The zero-order valence-electron chi connectivity index (χ0n) is 12.8. The molecule has 1 aromatic heterocycles. The van der Waals surface area contributed by atoms with E-state index in [1.54, 1.807) is 18.2 Å². The maximum absolute atomic E-state index is 12.1. The third-order valence-corrected chi connectivity index (χ3v) is 5.59. The van der Waals surface area contributed by atoms with E-state index in [2.05, 4.69) is 20.2 Å². The first-order valence-corrected chi connectivity index (χ1v) is 9.81. The summed E-state index contributed by atoms with van der Waals surface area (Å²) in [5.41, 5.74) is 0.876. The lowest BCUT2D eigenvalue weighted by Gasteiger charge is -2.01. The van der Waals surface area contributed by atoms with E-state index in [9.17, 15) is 8.42 Å². The van der Waals surface area contributed by atoms with Gasteiger partial charge < -0.3 is 5.32 Å². The number of aromatic nitrogens is 1. The topological polar surface area (TPSA) is 83.5 Å². The number of sulfonamides is 1. The van der Waals surface area contributed by atoms with Crippen LogP contribution in [-0.2, 0) is 10.0 Å². The van der Waals surface area contributed by atoms with E-state index < -0.39 is 10.0 Å². The van der Waals surface area contributed by atoms with Crippen LogP contribution in [0.25, 0.3) is 0 Å². The Hall–Kier alpha value is -2.42. The van der Waals surface area contributed by atoms with Crippen LogP contribution in [0.5, 0.6) is 0 Å². The molecule has 0 unspecified atom stereocenters. The van der Waals surface area contributed by atoms with Gasteiger partial charge in [-0.2, -0.15) is 13.5 Å². The van der Waals surface area contributed by atoms with Crippen molar-refractivity contribution in [2.75, 3.05) is 5.32 Å². The Balaban J connectivity index is 1.70. The number of benzene rings is 2. The molecule has 2 N–H and O–H groups in total. The van der Waals surface area contributed by atoms with Crippen LogP contribution in [0.2, 0.25) is 5.15 Å². The minimum Gasteiger partial charge on any atom is -0.331 e. The number of hydrazone groups is 1. The highest BCUT2D eigenvalue weighted by Gasteiger charge is 2.12. The lowest BCUT2D eigenvalue weighted by molar-refractivity contribution is 0.584. The summed E-state index contributed by atoms with van der Waals surface area (Å²) in [4.78, 5) is 7.01. The molecule has 0 aliphatic rings. The fourth-order valence-corrected chi connectivity index (χ4v) is 3.76. The first kappa shape index (κ1) is 17.4. The highest BCUT2D eigenvalue weighted by atomic mass is 35.5. The summed E-state index contributed by atoms with van der Waals surface area (Å²) in [5.74, 6) is 0. The van der Waals surface area contributed by atoms with Crippen molar-refractivity contribution in [3.05, 3.63) is 70.7 Å². The largest absolute Gasteiger partial charge is 0.331 e. The maximum Gasteiger partial charge on any atom is 0.276 e. The molecule has 0 saturated carbocycles. The van der Waals surface area contributed by atoms with Crippen molar-refractivity contribution < 1.29 is 8.42 Å². The summed E-state index contributed by atoms with van der Waals surface area (Å²) in [6.45, 7) is 0. The van der Waals surface area contributed by atoms with Crippen molar-refractivity contribution in [1.29, 1.82) is 0 Å². The summed E-state index contributed by atoms with van der Waals surface area (Å²) in [5, 5.41) is 7.71. The van der Waals surface area contributed by atoms with Crippen LogP contribution < -0.4 is 10.1 Å². The zero-order chi connectivity index (χ0) is 17.7. The third kappa shape index (κ3) is 4.56. The number of halogens is 1. The van der Waals surface area contributed by atoms with Gasteiger partial charge in [0.25, 0.3) is 10.0 Å². The summed E-state index contributed by atoms with van der Waals surface area (Å²) in [6, 6.07) is 17.5. The van der Waals surface area contributed by atoms with E-state index in [1.807, 2.05) is 30.3 Å². The third-order valence-electron chi connectivity index (χ3n) is 3.04. The number of thiazole rings is 1. The Kier molecular flexibility index (Phi) is 5.32. The molecule has 0 aliphatic heterocycles. The van der Waals surface area contributed by atoms with Crippen LogP contribution in [0.15, 0.2) is 70.7 Å². The highest BCUT2D eigenvalue weighted by molar-refractivity contribution is 7.89. The van der Waals surface area contributed by atoms with Crippen molar-refractivity contribution in [3.8, 4) is 0 Å². The SMILES string of the molecule is O=S(=O)(N/N=C/c1sc(Nc2ccccc2)nc1Cl)c1ccccc1. The lowest BCUT2D eigenvalue weighted by atomic mass is 10.3. The Morgan fingerprint density at radius 2 is 1.68 bits per heavy atom. The predicted molar refractivity (Wildman–Crippen MR) is 101 cm³/mol. The number of hydrogen-bond donors (Lipinski definition) is 2. The van der Waals surface area contributed by atoms with E-state index in [0.717, 1.165) is 5.69 Å². The number of rotatable bonds is 6. The zero-order valence-corrected chi connectivity index (χ0v) is 15.1. The molecule has 0 spiro atoms. The monoisotopic (exact) mass is 392 g/mol. The average Bonchev–Trinajstić information content (AvgIpc) is 2.96. The smallest absolute Gasteiger partial charge is 0.276 e. The first-order valence-electron chi connectivity index (χ1n) is 7.13. The van der Waals surface area contributed by atoms with Crippen LogP contribution in [-0.4, -0.2) is 19.6 Å². The summed E-state index contributed by atoms with van der Waals surface area (Å²) in [6.07, 6.45) is 1.33. The number of hydrogen-bond acceptors (Lipinski definition) is 6. The fraction of sp³-hybridized carbons (Fsp3) is 0. The van der Waals surface area contributed by atoms with Gasteiger partial charge in [-0.15, -0.1) is 0 Å². The molecule has 0 amide bonds. The van der Waals surface area contributed by atoms with Gasteiger partial charge in [-0.1, -0.05) is 59.3 Å². The normalized spacial score (nSPS) is 11.6. The summed E-state index contributed by atoms with van der Waals surface area (Å²) in [7, 11) is -3.71. The molecule has 6 nitrogen and oxygen atoms in total. The summed E-state index contributed by atoms with van der Waals surface area (Å²) < 4.78 is 24.1. The van der Waals surface area contributed by atoms with Crippen LogP contribution in [0.1, 0.15) is 4.88 Å². The van der Waals surface area contributed by atoms with Crippen LogP contribution in [0.3, 0.4) is 0 Å². The van der Waals surface area contributed by atoms with E-state index in [-0.39, 0.29) is 10.0 Å². The Bertz CT molecular complexity index is 974. The van der Waals surface area contributed by atoms with Gasteiger partial charge in [-0.25, -0.2) is 9.82 Å². The van der Waals surface area contributed by atoms with E-state index in [1.165, 1.54) is 29.7 Å². The van der Waals surface area contributed by atoms with Gasteiger partial charge in [0.1, 0.15) is 0 Å². The van der Waals surface area contributed by atoms with Crippen molar-refractivity contribution in [3.63, 3.8) is 0 Å². The number of nitrogens with zero attached hydrogens (tertiary/aromatic N) is 2. The van der Waals surface area contributed by atoms with Crippen LogP contribution in [0.4, 0.5) is 10.8 Å². The van der Waals surface area contributed by atoms with Crippen LogP contribution >= 0.6 is 22.9 Å². The van der Waals surface area contributed by atoms with Crippen molar-refractivity contribution >= 4 is 50.0 Å². The molecule has 0 aliphatic carbocycles. The summed E-state index contributed by atoms with van der Waals surface area (Å²) >= 11 is 7.33. The Morgan fingerprint density at radius 3 is 2.36 bits per heavy atom. The molecule has 0 fully saturated rings. The Labute approximate surface area is 154 Å². The van der Waals surface area contributed by atoms with Gasteiger partial charge >= 0.3 is 0 Å². The predicted octanol–water partition coefficient (Wildman–Crippen LogP) is 3.85. The number of anilines is 2. The van der Waals surface area contributed by atoms with Gasteiger partial charge in [0, 0.05) is 5.69 Å². The molecule has 0 atom stereocenters. The maximum atomic E-state index is 12.1. The number of para-hydroxylation sites is 1. The molecular formula is C16H13ClN4O2S2. The molecular weight excluding hydrogens is 380 g/mol. The van der Waals surface area contributed by atoms with Crippen LogP contribution in [0, 0.1) is 0 Å². The molecule has 9 heteroatoms. The van der Waals surface area contributed by atoms with E-state index in [4.69, 9.17) is 11.6 Å². The van der Waals surface area contributed by atoms with Gasteiger partial charge in [-0.05, 0) is 24.3 Å². The second kappa shape index (κ2) is 7.64.